The van der Waals surface area contributed by atoms with Crippen LogP contribution in [0.15, 0.2) is 36.5 Å². The lowest BCUT2D eigenvalue weighted by molar-refractivity contribution is 0.629. The fourth-order valence-electron chi connectivity index (χ4n) is 2.88. The number of nitrogens with one attached hydrogen (secondary N) is 1. The van der Waals surface area contributed by atoms with Gasteiger partial charge in [0, 0.05) is 22.3 Å². The van der Waals surface area contributed by atoms with Crippen molar-refractivity contribution in [1.29, 1.82) is 0 Å². The molecule has 0 aliphatic carbocycles. The van der Waals surface area contributed by atoms with Crippen molar-refractivity contribution < 1.29 is 0 Å². The third-order valence-electron chi connectivity index (χ3n) is 4.25. The molecule has 0 bridgehead atoms. The maximum absolute atomic E-state index is 4.95. The molecule has 4 rings (SSSR count). The molecule has 0 saturated carbocycles. The van der Waals surface area contributed by atoms with E-state index in [1.165, 1.54) is 10.6 Å². The Balaban J connectivity index is 1.76. The summed E-state index contributed by atoms with van der Waals surface area (Å²) in [5, 5.41) is 3.66. The summed E-state index contributed by atoms with van der Waals surface area (Å²) in [6.45, 7) is 10.8. The lowest BCUT2D eigenvalue weighted by Gasteiger charge is -2.22. The summed E-state index contributed by atoms with van der Waals surface area (Å²) >= 11 is 3.39. The number of rotatable bonds is 2. The molecule has 0 amide bonds. The first-order chi connectivity index (χ1) is 13.3. The lowest BCUT2D eigenvalue weighted by atomic mass is 10.1. The Hall–Kier alpha value is -2.62. The highest BCUT2D eigenvalue weighted by atomic mass is 32.1. The van der Waals surface area contributed by atoms with E-state index < -0.39 is 0 Å². The summed E-state index contributed by atoms with van der Waals surface area (Å²) in [6.07, 6.45) is 1.76. The van der Waals surface area contributed by atoms with Crippen LogP contribution in [0.1, 0.15) is 41.9 Å². The number of hydrogen-bond acceptors (Lipinski definition) is 5. The number of imidazole rings is 1. The van der Waals surface area contributed by atoms with E-state index in [0.29, 0.717) is 0 Å². The largest absolute Gasteiger partial charge is 0.365 e. The van der Waals surface area contributed by atoms with Gasteiger partial charge in [-0.15, -0.1) is 22.7 Å². The summed E-state index contributed by atoms with van der Waals surface area (Å²) in [6, 6.07) is 9.93. The van der Waals surface area contributed by atoms with Crippen LogP contribution >= 0.6 is 22.7 Å². The van der Waals surface area contributed by atoms with Crippen LogP contribution in [0.25, 0.3) is 15.5 Å². The fourth-order valence-corrected chi connectivity index (χ4v) is 4.70. The zero-order valence-electron chi connectivity index (χ0n) is 16.6. The molecular weight excluding hydrogens is 384 g/mol. The minimum absolute atomic E-state index is 0.0636. The van der Waals surface area contributed by atoms with Crippen LogP contribution in [0.4, 0.5) is 5.82 Å². The first kappa shape index (κ1) is 18.7. The molecule has 4 aromatic heterocycles. The van der Waals surface area contributed by atoms with E-state index in [1.54, 1.807) is 28.9 Å². The lowest BCUT2D eigenvalue weighted by Crippen LogP contribution is -2.27. The van der Waals surface area contributed by atoms with Gasteiger partial charge in [0.25, 0.3) is 0 Å². The van der Waals surface area contributed by atoms with E-state index in [-0.39, 0.29) is 5.54 Å². The van der Waals surface area contributed by atoms with E-state index in [1.807, 2.05) is 18.2 Å². The highest BCUT2D eigenvalue weighted by molar-refractivity contribution is 7.17. The minimum Gasteiger partial charge on any atom is -0.365 e. The van der Waals surface area contributed by atoms with Crippen molar-refractivity contribution >= 4 is 33.5 Å². The fraction of sp³-hybridized carbons (Fsp3) is 0.273. The molecule has 28 heavy (non-hydrogen) atoms. The standard InChI is InChI=1S/C22H22N4S2/c1-14-15(2)27-21-24-19(20(26(14)21)25-22(3,4)5)18-12-11-17(28-18)10-9-16-8-6-7-13-23-16/h6-8,11-13,25H,1-5H3. The van der Waals surface area contributed by atoms with E-state index in [0.717, 1.165) is 31.9 Å². The number of thiophene rings is 1. The highest BCUT2D eigenvalue weighted by Crippen LogP contribution is 2.38. The molecule has 0 fully saturated rings. The molecule has 0 radical (unpaired) electrons. The van der Waals surface area contributed by atoms with Crippen LogP contribution in [0.5, 0.6) is 0 Å². The first-order valence-corrected chi connectivity index (χ1v) is 10.7. The van der Waals surface area contributed by atoms with E-state index in [9.17, 15) is 0 Å². The molecule has 6 heteroatoms. The second-order valence-electron chi connectivity index (χ2n) is 7.67. The van der Waals surface area contributed by atoms with Crippen molar-refractivity contribution in [1.82, 2.24) is 14.4 Å². The molecule has 0 spiro atoms. The van der Waals surface area contributed by atoms with Crippen molar-refractivity contribution in [2.75, 3.05) is 5.32 Å². The average molecular weight is 407 g/mol. The molecule has 0 aromatic carbocycles. The van der Waals surface area contributed by atoms with Crippen molar-refractivity contribution in [3.8, 4) is 22.4 Å². The topological polar surface area (TPSA) is 42.2 Å². The van der Waals surface area contributed by atoms with Gasteiger partial charge in [0.05, 0.1) is 9.75 Å². The smallest absolute Gasteiger partial charge is 0.196 e. The number of nitrogens with zero attached hydrogens (tertiary/aromatic N) is 3. The number of aryl methyl sites for hydroxylation is 2. The van der Waals surface area contributed by atoms with E-state index in [2.05, 4.69) is 73.3 Å². The summed E-state index contributed by atoms with van der Waals surface area (Å²) < 4.78 is 2.24. The van der Waals surface area contributed by atoms with Gasteiger partial charge in [-0.05, 0) is 70.7 Å². The van der Waals surface area contributed by atoms with Gasteiger partial charge in [-0.2, -0.15) is 0 Å². The predicted octanol–water partition coefficient (Wildman–Crippen LogP) is 5.75. The van der Waals surface area contributed by atoms with Gasteiger partial charge in [0.2, 0.25) is 0 Å². The van der Waals surface area contributed by atoms with Crippen molar-refractivity contribution in [3.05, 3.63) is 57.7 Å². The molecule has 0 atom stereocenters. The average Bonchev–Trinajstić information content (AvgIpc) is 3.30. The summed E-state index contributed by atoms with van der Waals surface area (Å²) in [5.41, 5.74) is 2.94. The van der Waals surface area contributed by atoms with E-state index >= 15 is 0 Å². The zero-order valence-corrected chi connectivity index (χ0v) is 18.3. The Morgan fingerprint density at radius 2 is 1.86 bits per heavy atom. The predicted molar refractivity (Wildman–Crippen MR) is 119 cm³/mol. The van der Waals surface area contributed by atoms with Crippen LogP contribution in [0.3, 0.4) is 0 Å². The minimum atomic E-state index is -0.0636. The van der Waals surface area contributed by atoms with Gasteiger partial charge >= 0.3 is 0 Å². The number of thiazole rings is 1. The van der Waals surface area contributed by atoms with Gasteiger partial charge in [0.15, 0.2) is 4.96 Å². The second-order valence-corrected chi connectivity index (χ2v) is 9.94. The Bertz CT molecular complexity index is 1190. The van der Waals surface area contributed by atoms with Gasteiger partial charge in [-0.25, -0.2) is 9.97 Å². The molecule has 142 valence electrons. The summed E-state index contributed by atoms with van der Waals surface area (Å²) in [4.78, 5) is 13.6. The number of anilines is 1. The molecule has 4 nitrogen and oxygen atoms in total. The number of pyridine rings is 1. The van der Waals surface area contributed by atoms with Crippen LogP contribution in [-0.4, -0.2) is 19.9 Å². The Morgan fingerprint density at radius 3 is 2.57 bits per heavy atom. The van der Waals surface area contributed by atoms with Crippen LogP contribution in [-0.2, 0) is 0 Å². The Morgan fingerprint density at radius 1 is 1.04 bits per heavy atom. The van der Waals surface area contributed by atoms with Crippen LogP contribution < -0.4 is 5.32 Å². The van der Waals surface area contributed by atoms with Gasteiger partial charge < -0.3 is 5.32 Å². The van der Waals surface area contributed by atoms with Crippen molar-refractivity contribution in [3.63, 3.8) is 0 Å². The van der Waals surface area contributed by atoms with Crippen molar-refractivity contribution in [2.24, 2.45) is 0 Å². The molecule has 0 unspecified atom stereocenters. The second kappa shape index (κ2) is 7.08. The molecule has 1 N–H and O–H groups in total. The SMILES string of the molecule is Cc1sc2nc(-c3ccc(C#Cc4ccccn4)s3)c(NC(C)(C)C)n2c1C. The highest BCUT2D eigenvalue weighted by Gasteiger charge is 2.23. The molecule has 4 aromatic rings. The van der Waals surface area contributed by atoms with Crippen LogP contribution in [0, 0.1) is 25.7 Å². The number of aromatic nitrogens is 3. The first-order valence-electron chi connectivity index (χ1n) is 9.12. The Labute approximate surface area is 173 Å². The molecule has 4 heterocycles. The molecule has 0 saturated heterocycles. The molecule has 0 aliphatic rings. The van der Waals surface area contributed by atoms with Gasteiger partial charge in [-0.1, -0.05) is 6.07 Å². The Kier molecular flexibility index (Phi) is 4.74. The zero-order chi connectivity index (χ0) is 19.9. The molecule has 0 aliphatic heterocycles. The third kappa shape index (κ3) is 3.68. The monoisotopic (exact) mass is 406 g/mol. The maximum atomic E-state index is 4.95. The maximum Gasteiger partial charge on any atom is 0.196 e. The normalized spacial score (nSPS) is 11.5. The van der Waals surface area contributed by atoms with Crippen LogP contribution in [0.2, 0.25) is 0 Å². The third-order valence-corrected chi connectivity index (χ3v) is 6.31. The number of fused-ring (bicyclic) bond motifs is 1. The molecular formula is C22H22N4S2. The van der Waals surface area contributed by atoms with E-state index in [4.69, 9.17) is 4.98 Å². The van der Waals surface area contributed by atoms with Gasteiger partial charge in [0.1, 0.15) is 17.2 Å². The van der Waals surface area contributed by atoms with Gasteiger partial charge in [-0.3, -0.25) is 4.40 Å². The summed E-state index contributed by atoms with van der Waals surface area (Å²) in [7, 11) is 0. The quantitative estimate of drug-likeness (QED) is 0.431. The summed E-state index contributed by atoms with van der Waals surface area (Å²) in [5.74, 6) is 7.40. The van der Waals surface area contributed by atoms with Crippen molar-refractivity contribution in [2.45, 2.75) is 40.2 Å². The number of hydrogen-bond donors (Lipinski definition) is 1.